The molecule has 0 fully saturated rings. The number of hydrogen-bond acceptors (Lipinski definition) is 2. The standard InChI is InChI=1S/C14H27N3/c1-5-11(6-2)9-13(15)14-10-12(7-3)16-17(14)8-4/h10-11,13H,5-9,15H2,1-4H3. The summed E-state index contributed by atoms with van der Waals surface area (Å²) in [4.78, 5) is 0. The van der Waals surface area contributed by atoms with Crippen molar-refractivity contribution >= 4 is 0 Å². The minimum Gasteiger partial charge on any atom is -0.323 e. The van der Waals surface area contributed by atoms with Crippen LogP contribution in [0, 0.1) is 5.92 Å². The molecule has 1 heterocycles. The van der Waals surface area contributed by atoms with Gasteiger partial charge in [-0.2, -0.15) is 5.10 Å². The third-order valence-electron chi connectivity index (χ3n) is 3.65. The molecule has 1 atom stereocenters. The van der Waals surface area contributed by atoms with E-state index in [2.05, 4.69) is 43.5 Å². The third-order valence-corrected chi connectivity index (χ3v) is 3.65. The molecule has 1 rings (SSSR count). The lowest BCUT2D eigenvalue weighted by molar-refractivity contribution is 0.400. The normalized spacial score (nSPS) is 13.3. The van der Waals surface area contributed by atoms with Crippen LogP contribution in [-0.2, 0) is 13.0 Å². The highest BCUT2D eigenvalue weighted by molar-refractivity contribution is 5.14. The molecule has 0 aliphatic carbocycles. The second kappa shape index (κ2) is 6.80. The minimum absolute atomic E-state index is 0.132. The Bertz CT molecular complexity index is 326. The van der Waals surface area contributed by atoms with Gasteiger partial charge < -0.3 is 5.73 Å². The summed E-state index contributed by atoms with van der Waals surface area (Å²) in [5.74, 6) is 0.732. The quantitative estimate of drug-likeness (QED) is 0.791. The zero-order chi connectivity index (χ0) is 12.8. The monoisotopic (exact) mass is 237 g/mol. The third kappa shape index (κ3) is 3.56. The van der Waals surface area contributed by atoms with Crippen molar-refractivity contribution in [1.82, 2.24) is 9.78 Å². The average molecular weight is 237 g/mol. The van der Waals surface area contributed by atoms with Crippen LogP contribution in [0.15, 0.2) is 6.07 Å². The summed E-state index contributed by atoms with van der Waals surface area (Å²) in [5.41, 5.74) is 8.69. The van der Waals surface area contributed by atoms with Crippen molar-refractivity contribution in [3.05, 3.63) is 17.5 Å². The molecular weight excluding hydrogens is 210 g/mol. The summed E-state index contributed by atoms with van der Waals surface area (Å²) in [7, 11) is 0. The summed E-state index contributed by atoms with van der Waals surface area (Å²) in [6.07, 6.45) is 4.48. The van der Waals surface area contributed by atoms with Gasteiger partial charge in [0, 0.05) is 12.6 Å². The summed E-state index contributed by atoms with van der Waals surface area (Å²) in [5, 5.41) is 4.56. The van der Waals surface area contributed by atoms with Gasteiger partial charge in [-0.3, -0.25) is 4.68 Å². The molecule has 17 heavy (non-hydrogen) atoms. The lowest BCUT2D eigenvalue weighted by atomic mass is 9.93. The Morgan fingerprint density at radius 2 is 1.88 bits per heavy atom. The second-order valence-corrected chi connectivity index (χ2v) is 4.75. The highest BCUT2D eigenvalue weighted by atomic mass is 15.3. The first-order valence-electron chi connectivity index (χ1n) is 6.98. The van der Waals surface area contributed by atoms with Crippen LogP contribution in [0.1, 0.15) is 64.4 Å². The van der Waals surface area contributed by atoms with E-state index in [4.69, 9.17) is 5.73 Å². The Kier molecular flexibility index (Phi) is 5.69. The SMILES string of the molecule is CCc1cc(C(N)CC(CC)CC)n(CC)n1. The van der Waals surface area contributed by atoms with Crippen LogP contribution < -0.4 is 5.73 Å². The first-order valence-corrected chi connectivity index (χ1v) is 6.98. The number of aromatic nitrogens is 2. The van der Waals surface area contributed by atoms with Gasteiger partial charge in [0.05, 0.1) is 11.4 Å². The van der Waals surface area contributed by atoms with E-state index in [1.54, 1.807) is 0 Å². The van der Waals surface area contributed by atoms with Crippen molar-refractivity contribution in [2.45, 2.75) is 66.0 Å². The predicted molar refractivity (Wildman–Crippen MR) is 72.9 cm³/mol. The Balaban J connectivity index is 2.79. The average Bonchev–Trinajstić information content (AvgIpc) is 2.78. The fourth-order valence-corrected chi connectivity index (χ4v) is 2.31. The molecule has 0 aliphatic rings. The molecule has 0 spiro atoms. The molecule has 0 amide bonds. The van der Waals surface area contributed by atoms with Crippen LogP contribution in [0.5, 0.6) is 0 Å². The first kappa shape index (κ1) is 14.2. The van der Waals surface area contributed by atoms with Gasteiger partial charge in [-0.15, -0.1) is 0 Å². The molecule has 0 saturated carbocycles. The highest BCUT2D eigenvalue weighted by Crippen LogP contribution is 2.24. The van der Waals surface area contributed by atoms with Gasteiger partial charge in [0.1, 0.15) is 0 Å². The van der Waals surface area contributed by atoms with Crippen LogP contribution >= 0.6 is 0 Å². The molecule has 3 heteroatoms. The maximum Gasteiger partial charge on any atom is 0.0625 e. The van der Waals surface area contributed by atoms with E-state index in [-0.39, 0.29) is 6.04 Å². The van der Waals surface area contributed by atoms with Gasteiger partial charge >= 0.3 is 0 Å². The molecule has 1 aromatic heterocycles. The largest absolute Gasteiger partial charge is 0.323 e. The van der Waals surface area contributed by atoms with E-state index in [0.717, 1.165) is 31.0 Å². The molecule has 98 valence electrons. The molecule has 3 nitrogen and oxygen atoms in total. The predicted octanol–water partition coefficient (Wildman–Crippen LogP) is 3.29. The maximum atomic E-state index is 6.33. The lowest BCUT2D eigenvalue weighted by Gasteiger charge is -2.18. The second-order valence-electron chi connectivity index (χ2n) is 4.75. The fourth-order valence-electron chi connectivity index (χ4n) is 2.31. The lowest BCUT2D eigenvalue weighted by Crippen LogP contribution is -2.19. The van der Waals surface area contributed by atoms with E-state index in [9.17, 15) is 0 Å². The smallest absolute Gasteiger partial charge is 0.0625 e. The maximum absolute atomic E-state index is 6.33. The number of nitrogens with two attached hydrogens (primary N) is 1. The zero-order valence-corrected chi connectivity index (χ0v) is 11.7. The van der Waals surface area contributed by atoms with Crippen molar-refractivity contribution in [2.24, 2.45) is 11.7 Å². The summed E-state index contributed by atoms with van der Waals surface area (Å²) in [6.45, 7) is 9.66. The fraction of sp³-hybridized carbons (Fsp3) is 0.786. The van der Waals surface area contributed by atoms with Crippen molar-refractivity contribution < 1.29 is 0 Å². The van der Waals surface area contributed by atoms with Crippen LogP contribution in [0.2, 0.25) is 0 Å². The van der Waals surface area contributed by atoms with Gasteiger partial charge in [0.15, 0.2) is 0 Å². The molecule has 0 saturated heterocycles. The number of hydrogen-bond donors (Lipinski definition) is 1. The Morgan fingerprint density at radius 1 is 1.24 bits per heavy atom. The van der Waals surface area contributed by atoms with Gasteiger partial charge in [0.2, 0.25) is 0 Å². The van der Waals surface area contributed by atoms with Gasteiger partial charge in [-0.25, -0.2) is 0 Å². The number of aryl methyl sites for hydroxylation is 2. The highest BCUT2D eigenvalue weighted by Gasteiger charge is 2.16. The van der Waals surface area contributed by atoms with Crippen molar-refractivity contribution in [1.29, 1.82) is 0 Å². The summed E-state index contributed by atoms with van der Waals surface area (Å²) >= 11 is 0. The molecule has 0 aromatic carbocycles. The van der Waals surface area contributed by atoms with E-state index in [1.165, 1.54) is 18.5 Å². The van der Waals surface area contributed by atoms with Gasteiger partial charge in [-0.05, 0) is 31.7 Å². The van der Waals surface area contributed by atoms with Gasteiger partial charge in [-0.1, -0.05) is 33.6 Å². The molecule has 1 aromatic rings. The van der Waals surface area contributed by atoms with E-state index in [1.807, 2.05) is 0 Å². The van der Waals surface area contributed by atoms with E-state index < -0.39 is 0 Å². The molecule has 1 unspecified atom stereocenters. The molecule has 0 bridgehead atoms. The van der Waals surface area contributed by atoms with Gasteiger partial charge in [0.25, 0.3) is 0 Å². The summed E-state index contributed by atoms with van der Waals surface area (Å²) < 4.78 is 2.06. The topological polar surface area (TPSA) is 43.8 Å². The Labute approximate surface area is 105 Å². The first-order chi connectivity index (χ1) is 8.15. The zero-order valence-electron chi connectivity index (χ0n) is 11.7. The van der Waals surface area contributed by atoms with E-state index in [0.29, 0.717) is 0 Å². The van der Waals surface area contributed by atoms with E-state index >= 15 is 0 Å². The van der Waals surface area contributed by atoms with Crippen molar-refractivity contribution in [3.8, 4) is 0 Å². The molecule has 2 N–H and O–H groups in total. The molecular formula is C14H27N3. The van der Waals surface area contributed by atoms with Crippen molar-refractivity contribution in [2.75, 3.05) is 0 Å². The van der Waals surface area contributed by atoms with Crippen LogP contribution in [-0.4, -0.2) is 9.78 Å². The minimum atomic E-state index is 0.132. The molecule has 0 aliphatic heterocycles. The summed E-state index contributed by atoms with van der Waals surface area (Å²) in [6, 6.07) is 2.31. The number of nitrogens with zero attached hydrogens (tertiary/aromatic N) is 2. The Morgan fingerprint density at radius 3 is 2.35 bits per heavy atom. The van der Waals surface area contributed by atoms with Crippen LogP contribution in [0.4, 0.5) is 0 Å². The van der Waals surface area contributed by atoms with Crippen molar-refractivity contribution in [3.63, 3.8) is 0 Å². The number of rotatable bonds is 7. The Hall–Kier alpha value is -0.830. The molecule has 0 radical (unpaired) electrons. The van der Waals surface area contributed by atoms with Crippen LogP contribution in [0.25, 0.3) is 0 Å². The van der Waals surface area contributed by atoms with Crippen LogP contribution in [0.3, 0.4) is 0 Å².